The van der Waals surface area contributed by atoms with Crippen LogP contribution >= 0.6 is 0 Å². The number of aromatic nitrogens is 2. The normalized spacial score (nSPS) is 12.0. The van der Waals surface area contributed by atoms with Crippen molar-refractivity contribution in [2.45, 2.75) is 25.7 Å². The Morgan fingerprint density at radius 3 is 2.68 bits per heavy atom. The Balaban J connectivity index is 1.80. The van der Waals surface area contributed by atoms with Crippen LogP contribution in [0, 0.1) is 5.82 Å². The third kappa shape index (κ3) is 5.71. The van der Waals surface area contributed by atoms with E-state index in [4.69, 9.17) is 10.5 Å². The molecule has 0 saturated heterocycles. The van der Waals surface area contributed by atoms with Crippen LogP contribution in [0.2, 0.25) is 0 Å². The molecule has 3 rings (SSSR count). The van der Waals surface area contributed by atoms with Crippen LogP contribution in [0.4, 0.5) is 10.2 Å². The predicted octanol–water partition coefficient (Wildman–Crippen LogP) is 3.79. The highest BCUT2D eigenvalue weighted by Crippen LogP contribution is 2.27. The molecule has 0 radical (unpaired) electrons. The van der Waals surface area contributed by atoms with Crippen LogP contribution < -0.4 is 5.73 Å². The van der Waals surface area contributed by atoms with Crippen LogP contribution in [-0.4, -0.2) is 40.7 Å². The number of nitrogens with two attached hydrogens (primary N) is 1. The second kappa shape index (κ2) is 10.7. The van der Waals surface area contributed by atoms with E-state index in [1.165, 1.54) is 12.1 Å². The highest BCUT2D eigenvalue weighted by atomic mass is 19.1. The number of anilines is 1. The number of ketones is 1. The number of aliphatic hydroxyl groups excluding tert-OH is 1. The monoisotopic (exact) mass is 423 g/mol. The minimum absolute atomic E-state index is 0.00559. The van der Waals surface area contributed by atoms with E-state index in [-0.39, 0.29) is 30.2 Å². The summed E-state index contributed by atoms with van der Waals surface area (Å²) in [5, 5.41) is 9.69. The van der Waals surface area contributed by atoms with E-state index in [9.17, 15) is 14.3 Å². The number of hydrogen-bond donors (Lipinski definition) is 2. The number of Topliss-reactive ketones (excluding diaryl/α,β-unsaturated/α-hetero) is 1. The zero-order chi connectivity index (χ0) is 22.2. The van der Waals surface area contributed by atoms with Crippen LogP contribution in [0.25, 0.3) is 11.3 Å². The van der Waals surface area contributed by atoms with Gasteiger partial charge in [-0.25, -0.2) is 14.4 Å². The van der Waals surface area contributed by atoms with Crippen molar-refractivity contribution in [3.8, 4) is 11.3 Å². The summed E-state index contributed by atoms with van der Waals surface area (Å²) in [7, 11) is 0. The summed E-state index contributed by atoms with van der Waals surface area (Å²) >= 11 is 0. The molecular weight excluding hydrogens is 397 g/mol. The van der Waals surface area contributed by atoms with Gasteiger partial charge in [0, 0.05) is 30.9 Å². The van der Waals surface area contributed by atoms with Crippen LogP contribution in [0.3, 0.4) is 0 Å². The van der Waals surface area contributed by atoms with Gasteiger partial charge in [0.1, 0.15) is 17.3 Å². The average Bonchev–Trinajstić information content (AvgIpc) is 2.79. The van der Waals surface area contributed by atoms with Crippen molar-refractivity contribution in [2.75, 3.05) is 25.6 Å². The summed E-state index contributed by atoms with van der Waals surface area (Å²) in [6.45, 7) is 2.82. The summed E-state index contributed by atoms with van der Waals surface area (Å²) in [4.78, 5) is 21.3. The molecule has 0 amide bonds. The number of ether oxygens (including phenoxy) is 1. The first-order chi connectivity index (χ1) is 15.0. The highest BCUT2D eigenvalue weighted by Gasteiger charge is 2.20. The molecule has 1 atom stereocenters. The van der Waals surface area contributed by atoms with Gasteiger partial charge >= 0.3 is 0 Å². The van der Waals surface area contributed by atoms with Gasteiger partial charge in [-0.1, -0.05) is 36.4 Å². The van der Waals surface area contributed by atoms with Crippen molar-refractivity contribution < 1.29 is 19.0 Å². The Labute approximate surface area is 180 Å². The molecule has 1 aromatic heterocycles. The SMILES string of the molecule is CCOCCc1cnc(N)c(-c2ccc(C(=O)C[C@H](CO)c3ccccc3)c(F)c2)n1. The van der Waals surface area contributed by atoms with E-state index < -0.39 is 11.7 Å². The molecule has 0 unspecified atom stereocenters. The predicted molar refractivity (Wildman–Crippen MR) is 117 cm³/mol. The maximum absolute atomic E-state index is 14.8. The minimum Gasteiger partial charge on any atom is -0.396 e. The second-order valence-electron chi connectivity index (χ2n) is 7.15. The van der Waals surface area contributed by atoms with Gasteiger partial charge in [0.15, 0.2) is 5.78 Å². The molecule has 3 N–H and O–H groups in total. The molecule has 162 valence electrons. The van der Waals surface area contributed by atoms with Gasteiger partial charge in [-0.2, -0.15) is 0 Å². The van der Waals surface area contributed by atoms with Gasteiger partial charge in [-0.3, -0.25) is 4.79 Å². The number of nitrogen functional groups attached to an aromatic ring is 1. The molecule has 3 aromatic rings. The maximum atomic E-state index is 14.8. The molecule has 2 aromatic carbocycles. The van der Waals surface area contributed by atoms with Crippen molar-refractivity contribution in [2.24, 2.45) is 0 Å². The first kappa shape index (κ1) is 22.5. The van der Waals surface area contributed by atoms with Crippen molar-refractivity contribution in [1.82, 2.24) is 9.97 Å². The topological polar surface area (TPSA) is 98.3 Å². The summed E-state index contributed by atoms with van der Waals surface area (Å²) in [6, 6.07) is 13.5. The fourth-order valence-corrected chi connectivity index (χ4v) is 3.32. The molecule has 0 spiro atoms. The smallest absolute Gasteiger partial charge is 0.166 e. The summed E-state index contributed by atoms with van der Waals surface area (Å²) in [5.74, 6) is -1.25. The van der Waals surface area contributed by atoms with E-state index in [2.05, 4.69) is 9.97 Å². The molecule has 0 aliphatic rings. The van der Waals surface area contributed by atoms with Gasteiger partial charge in [-0.15, -0.1) is 0 Å². The molecule has 0 bridgehead atoms. The zero-order valence-corrected chi connectivity index (χ0v) is 17.4. The largest absolute Gasteiger partial charge is 0.396 e. The molecule has 0 saturated carbocycles. The first-order valence-corrected chi connectivity index (χ1v) is 10.2. The van der Waals surface area contributed by atoms with E-state index in [1.54, 1.807) is 12.3 Å². The second-order valence-corrected chi connectivity index (χ2v) is 7.15. The number of halogens is 1. The molecule has 1 heterocycles. The minimum atomic E-state index is -0.659. The standard InChI is InChI=1S/C24H26FN3O3/c1-2-31-11-10-19-14-27-24(26)23(28-19)17-8-9-20(21(25)12-17)22(30)13-18(15-29)16-6-4-3-5-7-16/h3-9,12,14,18,29H,2,10-11,13,15H2,1H3,(H2,26,27)/t18-/m1/s1. The van der Waals surface area contributed by atoms with Gasteiger partial charge in [0.2, 0.25) is 0 Å². The molecule has 6 nitrogen and oxygen atoms in total. The molecule has 0 aliphatic carbocycles. The Morgan fingerprint density at radius 1 is 1.23 bits per heavy atom. The first-order valence-electron chi connectivity index (χ1n) is 10.2. The Morgan fingerprint density at radius 2 is 2.00 bits per heavy atom. The molecule has 7 heteroatoms. The van der Waals surface area contributed by atoms with E-state index in [0.717, 1.165) is 5.56 Å². The number of aliphatic hydroxyl groups is 1. The van der Waals surface area contributed by atoms with E-state index in [1.807, 2.05) is 37.3 Å². The van der Waals surface area contributed by atoms with Crippen molar-refractivity contribution in [3.63, 3.8) is 0 Å². The summed E-state index contributed by atoms with van der Waals surface area (Å²) < 4.78 is 20.2. The molecule has 31 heavy (non-hydrogen) atoms. The quantitative estimate of drug-likeness (QED) is 0.380. The number of hydrogen-bond acceptors (Lipinski definition) is 6. The Bertz CT molecular complexity index is 1030. The van der Waals surface area contributed by atoms with Crippen LogP contribution in [-0.2, 0) is 11.2 Å². The zero-order valence-electron chi connectivity index (χ0n) is 17.4. The van der Waals surface area contributed by atoms with Crippen molar-refractivity contribution in [3.05, 3.63) is 77.4 Å². The number of carbonyl (C=O) groups excluding carboxylic acids is 1. The number of nitrogens with zero attached hydrogens (tertiary/aromatic N) is 2. The highest BCUT2D eigenvalue weighted by molar-refractivity contribution is 5.97. The Kier molecular flexibility index (Phi) is 7.81. The number of benzene rings is 2. The maximum Gasteiger partial charge on any atom is 0.166 e. The van der Waals surface area contributed by atoms with Crippen molar-refractivity contribution in [1.29, 1.82) is 0 Å². The van der Waals surface area contributed by atoms with E-state index >= 15 is 0 Å². The van der Waals surface area contributed by atoms with Gasteiger partial charge < -0.3 is 15.6 Å². The summed E-state index contributed by atoms with van der Waals surface area (Å²) in [6.07, 6.45) is 2.14. The lowest BCUT2D eigenvalue weighted by Gasteiger charge is -2.14. The number of rotatable bonds is 10. The lowest BCUT2D eigenvalue weighted by atomic mass is 9.91. The Hall–Kier alpha value is -3.16. The lowest BCUT2D eigenvalue weighted by Crippen LogP contribution is -2.12. The van der Waals surface area contributed by atoms with Crippen LogP contribution in [0.5, 0.6) is 0 Å². The molecular formula is C24H26FN3O3. The average molecular weight is 423 g/mol. The third-order valence-electron chi connectivity index (χ3n) is 5.02. The van der Waals surface area contributed by atoms with Crippen molar-refractivity contribution >= 4 is 11.6 Å². The van der Waals surface area contributed by atoms with Crippen LogP contribution in [0.1, 0.15) is 40.9 Å². The molecule has 0 fully saturated rings. The van der Waals surface area contributed by atoms with Gasteiger partial charge in [0.05, 0.1) is 30.7 Å². The molecule has 0 aliphatic heterocycles. The van der Waals surface area contributed by atoms with E-state index in [0.29, 0.717) is 36.6 Å². The van der Waals surface area contributed by atoms with Gasteiger partial charge in [-0.05, 0) is 24.6 Å². The third-order valence-corrected chi connectivity index (χ3v) is 5.02. The number of carbonyl (C=O) groups is 1. The fraction of sp³-hybridized carbons (Fsp3) is 0.292. The lowest BCUT2D eigenvalue weighted by molar-refractivity contribution is 0.0956. The summed E-state index contributed by atoms with van der Waals surface area (Å²) in [5.41, 5.74) is 8.25. The van der Waals surface area contributed by atoms with Gasteiger partial charge in [0.25, 0.3) is 0 Å². The fourth-order valence-electron chi connectivity index (χ4n) is 3.32. The van der Waals surface area contributed by atoms with Crippen LogP contribution in [0.15, 0.2) is 54.7 Å².